The van der Waals surface area contributed by atoms with Crippen LogP contribution in [0.1, 0.15) is 71.1 Å². The van der Waals surface area contributed by atoms with Crippen LogP contribution in [-0.4, -0.2) is 49.2 Å². The van der Waals surface area contributed by atoms with Crippen LogP contribution in [0.2, 0.25) is 0 Å². The molecule has 0 aromatic carbocycles. The van der Waals surface area contributed by atoms with Crippen molar-refractivity contribution in [2.45, 2.75) is 83.3 Å². The molecule has 2 rings (SSSR count). The molecule has 0 aliphatic heterocycles. The van der Waals surface area contributed by atoms with Gasteiger partial charge in [0.2, 0.25) is 5.91 Å². The molecule has 0 aromatic rings. The Balaban J connectivity index is 1.51. The number of carbonyl (C=O) groups is 1. The molecule has 0 radical (unpaired) electrons. The molecule has 2 fully saturated rings. The summed E-state index contributed by atoms with van der Waals surface area (Å²) < 4.78 is 5.89. The van der Waals surface area contributed by atoms with Crippen molar-refractivity contribution in [3.8, 4) is 0 Å². The molecule has 22 heavy (non-hydrogen) atoms. The van der Waals surface area contributed by atoms with Crippen molar-refractivity contribution in [3.05, 3.63) is 0 Å². The summed E-state index contributed by atoms with van der Waals surface area (Å²) in [7, 11) is 0. The van der Waals surface area contributed by atoms with Gasteiger partial charge in [0, 0.05) is 19.2 Å². The fraction of sp³-hybridized carbons (Fsp3) is 0.944. The highest BCUT2D eigenvalue weighted by molar-refractivity contribution is 5.78. The lowest BCUT2D eigenvalue weighted by atomic mass is 9.98. The topological polar surface area (TPSA) is 41.6 Å². The van der Waals surface area contributed by atoms with Gasteiger partial charge in [0.1, 0.15) is 0 Å². The Morgan fingerprint density at radius 3 is 2.45 bits per heavy atom. The van der Waals surface area contributed by atoms with Crippen molar-refractivity contribution in [2.24, 2.45) is 0 Å². The molecule has 0 spiro atoms. The summed E-state index contributed by atoms with van der Waals surface area (Å²) >= 11 is 0. The van der Waals surface area contributed by atoms with Crippen molar-refractivity contribution >= 4 is 5.91 Å². The smallest absolute Gasteiger partial charge is 0.234 e. The lowest BCUT2D eigenvalue weighted by Crippen LogP contribution is -2.42. The second-order valence-corrected chi connectivity index (χ2v) is 6.84. The molecule has 1 amide bonds. The predicted molar refractivity (Wildman–Crippen MR) is 90.0 cm³/mol. The monoisotopic (exact) mass is 310 g/mol. The molecule has 0 unspecified atom stereocenters. The molecular weight excluding hydrogens is 276 g/mol. The zero-order valence-corrected chi connectivity index (χ0v) is 14.3. The fourth-order valence-corrected chi connectivity index (χ4v) is 3.79. The molecular formula is C18H34N2O2. The van der Waals surface area contributed by atoms with Crippen molar-refractivity contribution in [2.75, 3.05) is 26.2 Å². The van der Waals surface area contributed by atoms with Gasteiger partial charge in [0.15, 0.2) is 0 Å². The van der Waals surface area contributed by atoms with E-state index in [0.29, 0.717) is 18.7 Å². The first-order valence-corrected chi connectivity index (χ1v) is 9.42. The quantitative estimate of drug-likeness (QED) is 0.665. The maximum absolute atomic E-state index is 12.0. The average Bonchev–Trinajstić information content (AvgIpc) is 3.07. The average molecular weight is 310 g/mol. The molecule has 128 valence electrons. The second-order valence-electron chi connectivity index (χ2n) is 6.84. The van der Waals surface area contributed by atoms with Crippen LogP contribution >= 0.6 is 0 Å². The number of nitrogens with one attached hydrogen (secondary N) is 1. The summed E-state index contributed by atoms with van der Waals surface area (Å²) in [6, 6.07) is 0.630. The molecule has 2 aliphatic carbocycles. The van der Waals surface area contributed by atoms with E-state index in [-0.39, 0.29) is 5.91 Å². The van der Waals surface area contributed by atoms with Crippen molar-refractivity contribution in [3.63, 3.8) is 0 Å². The van der Waals surface area contributed by atoms with Gasteiger partial charge in [0.05, 0.1) is 12.6 Å². The number of amides is 1. The number of carbonyl (C=O) groups excluding carboxylic acids is 1. The Hall–Kier alpha value is -0.610. The van der Waals surface area contributed by atoms with Crippen LogP contribution in [0.3, 0.4) is 0 Å². The molecule has 1 N–H and O–H groups in total. The number of hydrogen-bond donors (Lipinski definition) is 1. The number of likely N-dealkylation sites (N-methyl/N-ethyl adjacent to an activating group) is 1. The third-order valence-electron chi connectivity index (χ3n) is 5.14. The van der Waals surface area contributed by atoms with Crippen LogP contribution in [0.25, 0.3) is 0 Å². The van der Waals surface area contributed by atoms with Crippen LogP contribution < -0.4 is 5.32 Å². The van der Waals surface area contributed by atoms with E-state index in [0.717, 1.165) is 26.1 Å². The van der Waals surface area contributed by atoms with Crippen molar-refractivity contribution in [1.29, 1.82) is 0 Å². The second kappa shape index (κ2) is 10.2. The molecule has 2 aliphatic rings. The zero-order valence-electron chi connectivity index (χ0n) is 14.3. The number of nitrogens with zero attached hydrogens (tertiary/aromatic N) is 1. The molecule has 0 bridgehead atoms. The van der Waals surface area contributed by atoms with E-state index < -0.39 is 0 Å². The van der Waals surface area contributed by atoms with Gasteiger partial charge in [-0.15, -0.1) is 0 Å². The minimum Gasteiger partial charge on any atom is -0.378 e. The number of hydrogen-bond acceptors (Lipinski definition) is 3. The first-order chi connectivity index (χ1) is 10.8. The first-order valence-electron chi connectivity index (χ1n) is 9.42. The van der Waals surface area contributed by atoms with E-state index in [1.807, 2.05) is 0 Å². The third-order valence-corrected chi connectivity index (χ3v) is 5.14. The fourth-order valence-electron chi connectivity index (χ4n) is 3.79. The summed E-state index contributed by atoms with van der Waals surface area (Å²) in [6.07, 6.45) is 13.0. The van der Waals surface area contributed by atoms with Crippen LogP contribution in [0.4, 0.5) is 0 Å². The largest absolute Gasteiger partial charge is 0.378 e. The zero-order chi connectivity index (χ0) is 15.6. The van der Waals surface area contributed by atoms with Crippen LogP contribution in [0.15, 0.2) is 0 Å². The molecule has 0 aromatic heterocycles. The predicted octanol–water partition coefficient (Wildman–Crippen LogP) is 3.11. The van der Waals surface area contributed by atoms with Crippen molar-refractivity contribution in [1.82, 2.24) is 10.2 Å². The highest BCUT2D eigenvalue weighted by atomic mass is 16.5. The summed E-state index contributed by atoms with van der Waals surface area (Å²) in [5.74, 6) is 0.173. The standard InChI is InChI=1S/C18H34N2O2/c1-2-20(16-9-6-7-10-16)15-18(21)19-13-8-14-22-17-11-4-3-5-12-17/h16-17H,2-15H2,1H3,(H,19,21). The summed E-state index contributed by atoms with van der Waals surface area (Å²) in [6.45, 7) is 5.22. The van der Waals surface area contributed by atoms with Gasteiger partial charge >= 0.3 is 0 Å². The third kappa shape index (κ3) is 6.25. The highest BCUT2D eigenvalue weighted by Gasteiger charge is 2.22. The molecule has 0 heterocycles. The van der Waals surface area contributed by atoms with Gasteiger partial charge in [-0.25, -0.2) is 0 Å². The van der Waals surface area contributed by atoms with Crippen LogP contribution in [0, 0.1) is 0 Å². The number of ether oxygens (including phenoxy) is 1. The maximum atomic E-state index is 12.0. The Morgan fingerprint density at radius 2 is 1.77 bits per heavy atom. The first kappa shape index (κ1) is 17.7. The van der Waals surface area contributed by atoms with Gasteiger partial charge in [-0.2, -0.15) is 0 Å². The van der Waals surface area contributed by atoms with E-state index in [4.69, 9.17) is 4.74 Å². The van der Waals surface area contributed by atoms with Gasteiger partial charge < -0.3 is 10.1 Å². The van der Waals surface area contributed by atoms with Gasteiger partial charge in [-0.3, -0.25) is 9.69 Å². The molecule has 4 heteroatoms. The summed E-state index contributed by atoms with van der Waals surface area (Å²) in [5.41, 5.74) is 0. The lowest BCUT2D eigenvalue weighted by Gasteiger charge is -2.26. The molecule has 0 atom stereocenters. The van der Waals surface area contributed by atoms with Gasteiger partial charge in [-0.05, 0) is 38.6 Å². The molecule has 0 saturated heterocycles. The Labute approximate surface area is 136 Å². The summed E-state index contributed by atoms with van der Waals surface area (Å²) in [5, 5.41) is 3.05. The minimum atomic E-state index is 0.173. The maximum Gasteiger partial charge on any atom is 0.234 e. The van der Waals surface area contributed by atoms with Gasteiger partial charge in [0.25, 0.3) is 0 Å². The van der Waals surface area contributed by atoms with E-state index in [9.17, 15) is 4.79 Å². The van der Waals surface area contributed by atoms with E-state index >= 15 is 0 Å². The van der Waals surface area contributed by atoms with Crippen molar-refractivity contribution < 1.29 is 9.53 Å². The Bertz CT molecular complexity index is 310. The molecule has 2 saturated carbocycles. The number of rotatable bonds is 9. The minimum absolute atomic E-state index is 0.173. The van der Waals surface area contributed by atoms with E-state index in [2.05, 4.69) is 17.1 Å². The Morgan fingerprint density at radius 1 is 1.09 bits per heavy atom. The normalized spacial score (nSPS) is 20.6. The Kier molecular flexibility index (Phi) is 8.24. The summed E-state index contributed by atoms with van der Waals surface area (Å²) in [4.78, 5) is 14.4. The van der Waals surface area contributed by atoms with Crippen LogP contribution in [0.5, 0.6) is 0 Å². The van der Waals surface area contributed by atoms with Crippen LogP contribution in [-0.2, 0) is 9.53 Å². The van der Waals surface area contributed by atoms with E-state index in [1.165, 1.54) is 57.8 Å². The van der Waals surface area contributed by atoms with Gasteiger partial charge in [-0.1, -0.05) is 39.0 Å². The highest BCUT2D eigenvalue weighted by Crippen LogP contribution is 2.23. The van der Waals surface area contributed by atoms with E-state index in [1.54, 1.807) is 0 Å². The lowest BCUT2D eigenvalue weighted by molar-refractivity contribution is -0.122. The molecule has 4 nitrogen and oxygen atoms in total. The SMILES string of the molecule is CCN(CC(=O)NCCCOC1CCCCC1)C1CCCC1.